The fourth-order valence-corrected chi connectivity index (χ4v) is 1.79. The molecule has 0 bridgehead atoms. The Hall–Kier alpha value is -2.48. The van der Waals surface area contributed by atoms with Crippen LogP contribution in [0.15, 0.2) is 24.3 Å². The van der Waals surface area contributed by atoms with Crippen LogP contribution < -0.4 is 21.3 Å². The topological polar surface area (TPSA) is 85.1 Å². The number of nitrogens with one attached hydrogen (secondary N) is 2. The first-order valence-electron chi connectivity index (χ1n) is 6.14. The zero-order valence-corrected chi connectivity index (χ0v) is 11.5. The van der Waals surface area contributed by atoms with Gasteiger partial charge in [0.15, 0.2) is 0 Å². The Bertz CT molecular complexity index is 636. The van der Waals surface area contributed by atoms with E-state index in [1.807, 2.05) is 0 Å². The van der Waals surface area contributed by atoms with Crippen molar-refractivity contribution in [3.8, 4) is 5.75 Å². The molecule has 0 saturated carbocycles. The summed E-state index contributed by atoms with van der Waals surface area (Å²) in [5, 5.41) is 2.96. The fraction of sp³-hybridized carbons (Fsp3) is 0.231. The molecule has 0 amide bonds. The van der Waals surface area contributed by atoms with Gasteiger partial charge in [-0.15, -0.1) is 0 Å². The van der Waals surface area contributed by atoms with Crippen LogP contribution in [-0.2, 0) is 0 Å². The van der Waals surface area contributed by atoms with Gasteiger partial charge in [0, 0.05) is 5.56 Å². The number of hydrogen-bond donors (Lipinski definition) is 3. The summed E-state index contributed by atoms with van der Waals surface area (Å²) >= 11 is 0. The van der Waals surface area contributed by atoms with Gasteiger partial charge in [-0.2, -0.15) is 8.78 Å². The first-order chi connectivity index (χ1) is 10.0. The lowest BCUT2D eigenvalue weighted by Crippen LogP contribution is -2.13. The van der Waals surface area contributed by atoms with E-state index in [2.05, 4.69) is 25.4 Å². The number of nitrogens with two attached hydrogens (primary N) is 1. The summed E-state index contributed by atoms with van der Waals surface area (Å²) in [5.74, 6) is 6.82. The van der Waals surface area contributed by atoms with Gasteiger partial charge >= 0.3 is 6.61 Å². The highest BCUT2D eigenvalue weighted by Crippen LogP contribution is 2.30. The second-order valence-corrected chi connectivity index (χ2v) is 4.24. The molecular weight excluding hydrogens is 280 g/mol. The minimum atomic E-state index is -2.90. The minimum absolute atomic E-state index is 0.0328. The number of nitrogen functional groups attached to an aromatic ring is 1. The number of nitrogens with zero attached hydrogens (tertiary/aromatic N) is 2. The van der Waals surface area contributed by atoms with Gasteiger partial charge in [-0.05, 0) is 26.0 Å². The van der Waals surface area contributed by atoms with Crippen LogP contribution in [0.2, 0.25) is 0 Å². The van der Waals surface area contributed by atoms with Crippen LogP contribution in [0.5, 0.6) is 5.75 Å². The predicted octanol–water partition coefficient (Wildman–Crippen LogP) is 2.72. The van der Waals surface area contributed by atoms with Crippen molar-refractivity contribution >= 4 is 17.3 Å². The fourth-order valence-electron chi connectivity index (χ4n) is 1.79. The third-order valence-corrected chi connectivity index (χ3v) is 2.75. The lowest BCUT2D eigenvalue weighted by Gasteiger charge is -2.15. The Morgan fingerprint density at radius 3 is 2.48 bits per heavy atom. The van der Waals surface area contributed by atoms with Crippen molar-refractivity contribution in [3.63, 3.8) is 0 Å². The Balaban J connectivity index is 2.36. The number of aromatic nitrogens is 2. The molecule has 1 aromatic heterocycles. The second-order valence-electron chi connectivity index (χ2n) is 4.24. The molecular formula is C13H15F2N5O. The van der Waals surface area contributed by atoms with Crippen LogP contribution in [0.3, 0.4) is 0 Å². The van der Waals surface area contributed by atoms with Crippen LogP contribution >= 0.6 is 0 Å². The molecule has 0 atom stereocenters. The maximum Gasteiger partial charge on any atom is 0.387 e. The smallest absolute Gasteiger partial charge is 0.387 e. The van der Waals surface area contributed by atoms with Crippen molar-refractivity contribution in [3.05, 3.63) is 35.7 Å². The lowest BCUT2D eigenvalue weighted by atomic mass is 10.2. The zero-order chi connectivity index (χ0) is 15.4. The molecule has 0 saturated heterocycles. The van der Waals surface area contributed by atoms with Gasteiger partial charge in [0.25, 0.3) is 0 Å². The molecule has 0 radical (unpaired) electrons. The maximum atomic E-state index is 12.4. The molecule has 2 aromatic rings. The highest BCUT2D eigenvalue weighted by Gasteiger charge is 2.13. The first kappa shape index (κ1) is 14.9. The van der Waals surface area contributed by atoms with Crippen molar-refractivity contribution in [1.29, 1.82) is 0 Å². The van der Waals surface area contributed by atoms with E-state index in [1.54, 1.807) is 32.0 Å². The second kappa shape index (κ2) is 6.31. The van der Waals surface area contributed by atoms with Gasteiger partial charge in [0.2, 0.25) is 0 Å². The molecule has 6 nitrogen and oxygen atoms in total. The van der Waals surface area contributed by atoms with Crippen LogP contribution in [-0.4, -0.2) is 16.6 Å². The van der Waals surface area contributed by atoms with Crippen molar-refractivity contribution in [2.75, 3.05) is 10.7 Å². The van der Waals surface area contributed by atoms with E-state index in [-0.39, 0.29) is 5.75 Å². The third-order valence-electron chi connectivity index (χ3n) is 2.75. The van der Waals surface area contributed by atoms with E-state index in [0.717, 1.165) is 0 Å². The highest BCUT2D eigenvalue weighted by molar-refractivity contribution is 5.68. The van der Waals surface area contributed by atoms with E-state index >= 15 is 0 Å². The van der Waals surface area contributed by atoms with Crippen LogP contribution in [0.4, 0.5) is 26.1 Å². The van der Waals surface area contributed by atoms with Crippen molar-refractivity contribution in [1.82, 2.24) is 9.97 Å². The number of ether oxygens (including phenoxy) is 1. The molecule has 0 aliphatic rings. The summed E-state index contributed by atoms with van der Waals surface area (Å²) in [6.07, 6.45) is 0. The number of aryl methyl sites for hydroxylation is 1. The zero-order valence-electron chi connectivity index (χ0n) is 11.5. The van der Waals surface area contributed by atoms with Crippen LogP contribution in [0.1, 0.15) is 11.4 Å². The Morgan fingerprint density at radius 1 is 1.14 bits per heavy atom. The van der Waals surface area contributed by atoms with E-state index in [9.17, 15) is 8.78 Å². The number of anilines is 3. The molecule has 0 fully saturated rings. The van der Waals surface area contributed by atoms with Crippen molar-refractivity contribution in [2.45, 2.75) is 20.5 Å². The molecule has 21 heavy (non-hydrogen) atoms. The van der Waals surface area contributed by atoms with Gasteiger partial charge in [-0.1, -0.05) is 12.1 Å². The summed E-state index contributed by atoms with van der Waals surface area (Å²) in [6, 6.07) is 6.37. The monoisotopic (exact) mass is 295 g/mol. The molecule has 0 aliphatic carbocycles. The predicted molar refractivity (Wildman–Crippen MR) is 75.7 cm³/mol. The van der Waals surface area contributed by atoms with Gasteiger partial charge < -0.3 is 15.5 Å². The lowest BCUT2D eigenvalue weighted by molar-refractivity contribution is -0.0493. The van der Waals surface area contributed by atoms with Crippen molar-refractivity contribution in [2.24, 2.45) is 5.84 Å². The molecule has 0 unspecified atom stereocenters. The number of benzene rings is 1. The number of rotatable bonds is 5. The minimum Gasteiger partial charge on any atom is -0.433 e. The largest absolute Gasteiger partial charge is 0.433 e. The Kier molecular flexibility index (Phi) is 4.49. The normalized spacial score (nSPS) is 10.6. The molecule has 8 heteroatoms. The number of halogens is 2. The summed E-state index contributed by atoms with van der Waals surface area (Å²) in [5.41, 5.74) is 3.51. The Labute approximate surface area is 120 Å². The highest BCUT2D eigenvalue weighted by atomic mass is 19.3. The number of para-hydroxylation sites is 2. The maximum absolute atomic E-state index is 12.4. The van der Waals surface area contributed by atoms with Gasteiger partial charge in [-0.25, -0.2) is 15.8 Å². The van der Waals surface area contributed by atoms with E-state index < -0.39 is 6.61 Å². The molecule has 0 aliphatic heterocycles. The third kappa shape index (κ3) is 3.54. The average Bonchev–Trinajstić information content (AvgIpc) is 2.44. The summed E-state index contributed by atoms with van der Waals surface area (Å²) in [6.45, 7) is 0.558. The van der Waals surface area contributed by atoms with Crippen LogP contribution in [0, 0.1) is 13.8 Å². The van der Waals surface area contributed by atoms with E-state index in [4.69, 9.17) is 5.84 Å². The SMILES string of the molecule is Cc1nc(NN)c(C)c(Nc2ccccc2OC(F)F)n1. The Morgan fingerprint density at radius 2 is 1.81 bits per heavy atom. The average molecular weight is 295 g/mol. The molecule has 2 rings (SSSR count). The number of hydrogen-bond acceptors (Lipinski definition) is 6. The van der Waals surface area contributed by atoms with Gasteiger partial charge in [0.05, 0.1) is 5.69 Å². The molecule has 0 spiro atoms. The van der Waals surface area contributed by atoms with Crippen LogP contribution in [0.25, 0.3) is 0 Å². The molecule has 4 N–H and O–H groups in total. The van der Waals surface area contributed by atoms with E-state index in [0.29, 0.717) is 28.7 Å². The van der Waals surface area contributed by atoms with E-state index in [1.165, 1.54) is 6.07 Å². The first-order valence-corrected chi connectivity index (χ1v) is 6.14. The molecule has 1 heterocycles. The number of hydrazine groups is 1. The summed E-state index contributed by atoms with van der Waals surface area (Å²) in [4.78, 5) is 8.36. The molecule has 1 aromatic carbocycles. The summed E-state index contributed by atoms with van der Waals surface area (Å²) < 4.78 is 29.3. The van der Waals surface area contributed by atoms with Gasteiger partial charge in [0.1, 0.15) is 23.2 Å². The van der Waals surface area contributed by atoms with Gasteiger partial charge in [-0.3, -0.25) is 0 Å². The summed E-state index contributed by atoms with van der Waals surface area (Å²) in [7, 11) is 0. The standard InChI is InChI=1S/C13H15F2N5O/c1-7-11(17-8(2)18-12(7)20-16)19-9-5-3-4-6-10(9)21-13(14)15/h3-6,13H,16H2,1-2H3,(H2,17,18,19,20). The molecule has 112 valence electrons. The van der Waals surface area contributed by atoms with Crippen molar-refractivity contribution < 1.29 is 13.5 Å². The quantitative estimate of drug-likeness (QED) is 0.581. The number of alkyl halides is 2.